The number of rotatable bonds is 7. The fourth-order valence-corrected chi connectivity index (χ4v) is 1.49. The first kappa shape index (κ1) is 12.9. The van der Waals surface area contributed by atoms with E-state index < -0.39 is 0 Å². The normalized spacial score (nSPS) is 9.56. The molecule has 0 radical (unpaired) electrons. The van der Waals surface area contributed by atoms with E-state index in [0.717, 1.165) is 24.5 Å². The topological polar surface area (TPSA) is 21.6 Å². The van der Waals surface area contributed by atoms with E-state index in [1.807, 2.05) is 24.3 Å². The van der Waals surface area contributed by atoms with Crippen LogP contribution in [0.25, 0.3) is 0 Å². The Morgan fingerprint density at radius 3 is 2.56 bits per heavy atom. The smallest absolute Gasteiger partial charge is 0.119 e. The number of aliphatic imine (C=N–C) groups is 1. The lowest BCUT2D eigenvalue weighted by Crippen LogP contribution is -1.96. The molecule has 0 unspecified atom stereocenters. The lowest BCUT2D eigenvalue weighted by Gasteiger charge is -2.05. The highest BCUT2D eigenvalue weighted by Crippen LogP contribution is 2.17. The van der Waals surface area contributed by atoms with Gasteiger partial charge in [0.1, 0.15) is 5.75 Å². The highest BCUT2D eigenvalue weighted by Gasteiger charge is 1.94. The van der Waals surface area contributed by atoms with Crippen LogP contribution in [0.4, 0.5) is 5.69 Å². The summed E-state index contributed by atoms with van der Waals surface area (Å²) < 4.78 is 5.60. The number of nitrogens with zero attached hydrogens (tertiary/aromatic N) is 1. The van der Waals surface area contributed by atoms with Crippen LogP contribution >= 0.6 is 12.2 Å². The maximum atomic E-state index is 5.60. The molecule has 1 aromatic rings. The zero-order valence-corrected chi connectivity index (χ0v) is 10.4. The van der Waals surface area contributed by atoms with Gasteiger partial charge in [-0.05, 0) is 42.9 Å². The van der Waals surface area contributed by atoms with Gasteiger partial charge in [-0.3, -0.25) is 0 Å². The van der Waals surface area contributed by atoms with Crippen molar-refractivity contribution in [3.63, 3.8) is 0 Å². The van der Waals surface area contributed by atoms with E-state index in [9.17, 15) is 0 Å². The molecule has 0 saturated carbocycles. The largest absolute Gasteiger partial charge is 0.494 e. The molecule has 0 aromatic heterocycles. The minimum absolute atomic E-state index is 0.787. The number of isothiocyanates is 1. The SMILES string of the molecule is CCCCCCOc1ccc(N=C=S)cc1. The molecule has 1 aromatic carbocycles. The van der Waals surface area contributed by atoms with Crippen LogP contribution in [0.2, 0.25) is 0 Å². The Hall–Kier alpha value is -1.18. The van der Waals surface area contributed by atoms with E-state index in [-0.39, 0.29) is 0 Å². The number of ether oxygens (including phenoxy) is 1. The summed E-state index contributed by atoms with van der Waals surface area (Å²) in [7, 11) is 0. The van der Waals surface area contributed by atoms with Gasteiger partial charge in [-0.1, -0.05) is 26.2 Å². The summed E-state index contributed by atoms with van der Waals surface area (Å²) in [6.45, 7) is 2.99. The van der Waals surface area contributed by atoms with Crippen molar-refractivity contribution in [3.05, 3.63) is 24.3 Å². The van der Waals surface area contributed by atoms with Gasteiger partial charge in [0, 0.05) is 0 Å². The lowest BCUT2D eigenvalue weighted by molar-refractivity contribution is 0.305. The van der Waals surface area contributed by atoms with Crippen molar-refractivity contribution in [2.24, 2.45) is 4.99 Å². The van der Waals surface area contributed by atoms with Gasteiger partial charge in [0.25, 0.3) is 0 Å². The molecule has 0 saturated heterocycles. The summed E-state index contributed by atoms with van der Waals surface area (Å²) in [6, 6.07) is 7.57. The fraction of sp³-hybridized carbons (Fsp3) is 0.462. The minimum Gasteiger partial charge on any atom is -0.494 e. The van der Waals surface area contributed by atoms with Crippen LogP contribution in [0.5, 0.6) is 5.75 Å². The summed E-state index contributed by atoms with van der Waals surface area (Å²) in [5, 5.41) is 2.34. The highest BCUT2D eigenvalue weighted by atomic mass is 32.1. The number of unbranched alkanes of at least 4 members (excludes halogenated alkanes) is 3. The van der Waals surface area contributed by atoms with Gasteiger partial charge < -0.3 is 4.74 Å². The molecule has 2 nitrogen and oxygen atoms in total. The van der Waals surface area contributed by atoms with E-state index in [0.29, 0.717) is 0 Å². The average molecular weight is 235 g/mol. The second-order valence-corrected chi connectivity index (χ2v) is 3.79. The van der Waals surface area contributed by atoms with Crippen molar-refractivity contribution in [2.45, 2.75) is 32.6 Å². The first-order chi connectivity index (χ1) is 7.86. The summed E-state index contributed by atoms with van der Waals surface area (Å²) in [5.41, 5.74) is 0.813. The zero-order valence-electron chi connectivity index (χ0n) is 9.61. The summed E-state index contributed by atoms with van der Waals surface area (Å²) >= 11 is 4.53. The molecule has 0 aliphatic carbocycles. The second kappa shape index (κ2) is 8.03. The summed E-state index contributed by atoms with van der Waals surface area (Å²) in [4.78, 5) is 3.88. The van der Waals surface area contributed by atoms with E-state index in [1.54, 1.807) is 0 Å². The standard InChI is InChI=1S/C13H17NOS/c1-2-3-4-5-10-15-13-8-6-12(7-9-13)14-11-16/h6-9H,2-5,10H2,1H3. The van der Waals surface area contributed by atoms with Crippen LogP contribution in [-0.2, 0) is 0 Å². The Bertz CT molecular complexity index is 341. The first-order valence-corrected chi connectivity index (χ1v) is 6.08. The van der Waals surface area contributed by atoms with Crippen molar-refractivity contribution in [2.75, 3.05) is 6.61 Å². The number of hydrogen-bond donors (Lipinski definition) is 0. The molecule has 0 spiro atoms. The Kier molecular flexibility index (Phi) is 6.47. The van der Waals surface area contributed by atoms with Gasteiger partial charge in [0.15, 0.2) is 0 Å². The lowest BCUT2D eigenvalue weighted by atomic mass is 10.2. The predicted molar refractivity (Wildman–Crippen MR) is 70.8 cm³/mol. The predicted octanol–water partition coefficient (Wildman–Crippen LogP) is 4.38. The van der Waals surface area contributed by atoms with E-state index >= 15 is 0 Å². The Morgan fingerprint density at radius 1 is 1.19 bits per heavy atom. The van der Waals surface area contributed by atoms with Crippen LogP contribution < -0.4 is 4.74 Å². The van der Waals surface area contributed by atoms with Gasteiger partial charge in [-0.15, -0.1) is 0 Å². The molecule has 16 heavy (non-hydrogen) atoms. The molecule has 1 rings (SSSR count). The third-order valence-corrected chi connectivity index (χ3v) is 2.37. The molecule has 0 fully saturated rings. The van der Waals surface area contributed by atoms with Crippen molar-refractivity contribution < 1.29 is 4.74 Å². The van der Waals surface area contributed by atoms with Crippen molar-refractivity contribution in [1.29, 1.82) is 0 Å². The van der Waals surface area contributed by atoms with Crippen LogP contribution in [-0.4, -0.2) is 11.8 Å². The third-order valence-electron chi connectivity index (χ3n) is 2.28. The van der Waals surface area contributed by atoms with Gasteiger partial charge in [0.05, 0.1) is 17.5 Å². The number of benzene rings is 1. The fourth-order valence-electron chi connectivity index (χ4n) is 1.39. The molecule has 0 aliphatic rings. The third kappa shape index (κ3) is 5.06. The molecular weight excluding hydrogens is 218 g/mol. The maximum absolute atomic E-state index is 5.60. The van der Waals surface area contributed by atoms with Crippen molar-refractivity contribution in [3.8, 4) is 5.75 Å². The molecule has 0 bridgehead atoms. The van der Waals surface area contributed by atoms with Gasteiger partial charge in [-0.25, -0.2) is 0 Å². The van der Waals surface area contributed by atoms with Crippen LogP contribution in [0.3, 0.4) is 0 Å². The average Bonchev–Trinajstić information content (AvgIpc) is 2.31. The maximum Gasteiger partial charge on any atom is 0.119 e. The first-order valence-electron chi connectivity index (χ1n) is 5.67. The van der Waals surface area contributed by atoms with Gasteiger partial charge in [-0.2, -0.15) is 4.99 Å². The molecule has 3 heteroatoms. The van der Waals surface area contributed by atoms with Crippen LogP contribution in [0.15, 0.2) is 29.3 Å². The molecule has 0 atom stereocenters. The zero-order chi connectivity index (χ0) is 11.6. The van der Waals surface area contributed by atoms with E-state index in [2.05, 4.69) is 29.3 Å². The van der Waals surface area contributed by atoms with Crippen LogP contribution in [0, 0.1) is 0 Å². The number of hydrogen-bond acceptors (Lipinski definition) is 3. The van der Waals surface area contributed by atoms with Crippen molar-refractivity contribution in [1.82, 2.24) is 0 Å². The van der Waals surface area contributed by atoms with Crippen LogP contribution in [0.1, 0.15) is 32.6 Å². The van der Waals surface area contributed by atoms with Crippen molar-refractivity contribution >= 4 is 23.1 Å². The molecule has 0 N–H and O–H groups in total. The Balaban J connectivity index is 2.29. The Morgan fingerprint density at radius 2 is 1.94 bits per heavy atom. The quantitative estimate of drug-likeness (QED) is 0.397. The molecule has 0 amide bonds. The van der Waals surface area contributed by atoms with E-state index in [1.165, 1.54) is 19.3 Å². The monoisotopic (exact) mass is 235 g/mol. The molecule has 0 aliphatic heterocycles. The van der Waals surface area contributed by atoms with E-state index in [4.69, 9.17) is 4.74 Å². The highest BCUT2D eigenvalue weighted by molar-refractivity contribution is 7.78. The minimum atomic E-state index is 0.787. The molecule has 0 heterocycles. The van der Waals surface area contributed by atoms with Gasteiger partial charge >= 0.3 is 0 Å². The second-order valence-electron chi connectivity index (χ2n) is 3.61. The number of thiocarbonyl (C=S) groups is 1. The van der Waals surface area contributed by atoms with Gasteiger partial charge in [0.2, 0.25) is 0 Å². The summed E-state index contributed by atoms with van der Waals surface area (Å²) in [5.74, 6) is 0.889. The molecule has 86 valence electrons. The molecular formula is C13H17NOS. The summed E-state index contributed by atoms with van der Waals surface area (Å²) in [6.07, 6.45) is 4.90. The Labute approximate surface area is 102 Å².